The van der Waals surface area contributed by atoms with E-state index in [4.69, 9.17) is 0 Å². The van der Waals surface area contributed by atoms with Crippen LogP contribution in [0.25, 0.3) is 0 Å². The highest BCUT2D eigenvalue weighted by Gasteiger charge is 2.25. The van der Waals surface area contributed by atoms with Crippen molar-refractivity contribution in [3.63, 3.8) is 0 Å². The fourth-order valence-electron chi connectivity index (χ4n) is 0.594. The number of hydrogen-bond donors (Lipinski definition) is 0. The number of halogens is 3. The summed E-state index contributed by atoms with van der Waals surface area (Å²) in [6.45, 7) is 0. The predicted molar refractivity (Wildman–Crippen MR) is 45.5 cm³/mol. The van der Waals surface area contributed by atoms with Gasteiger partial charge in [-0.2, -0.15) is 8.78 Å². The average molecular weight is 240 g/mol. The summed E-state index contributed by atoms with van der Waals surface area (Å²) in [4.78, 5) is 3.59. The highest BCUT2D eigenvalue weighted by molar-refractivity contribution is 9.10. The van der Waals surface area contributed by atoms with Crippen molar-refractivity contribution in [1.82, 2.24) is 4.98 Å². The van der Waals surface area contributed by atoms with Gasteiger partial charge in [-0.25, -0.2) is 4.98 Å². The van der Waals surface area contributed by atoms with Crippen LogP contribution in [0.2, 0.25) is 0 Å². The Bertz CT molecular complexity index is 261. The van der Waals surface area contributed by atoms with Gasteiger partial charge in [0.05, 0.1) is 0 Å². The second-order valence-electron chi connectivity index (χ2n) is 1.97. The molecule has 0 radical (unpaired) electrons. The highest BCUT2D eigenvalue weighted by atomic mass is 79.9. The van der Waals surface area contributed by atoms with Gasteiger partial charge in [-0.1, -0.05) is 15.3 Å². The van der Waals surface area contributed by atoms with Crippen LogP contribution in [0.1, 0.15) is 5.69 Å². The molecule has 0 saturated carbocycles. The van der Waals surface area contributed by atoms with Crippen molar-refractivity contribution in [3.05, 3.63) is 28.5 Å². The van der Waals surface area contributed by atoms with E-state index in [9.17, 15) is 8.78 Å². The first-order chi connectivity index (χ1) is 5.00. The highest BCUT2D eigenvalue weighted by Crippen LogP contribution is 2.33. The van der Waals surface area contributed by atoms with Crippen molar-refractivity contribution < 1.29 is 8.78 Å². The lowest BCUT2D eigenvalue weighted by Crippen LogP contribution is -2.04. The third-order valence-electron chi connectivity index (χ3n) is 1.06. The molecule has 60 valence electrons. The second kappa shape index (κ2) is 3.11. The topological polar surface area (TPSA) is 12.9 Å². The van der Waals surface area contributed by atoms with Crippen molar-refractivity contribution in [1.29, 1.82) is 0 Å². The molecule has 0 N–H and O–H groups in total. The molecule has 0 aromatic carbocycles. The van der Waals surface area contributed by atoms with Crippen LogP contribution in [-0.4, -0.2) is 4.98 Å². The summed E-state index contributed by atoms with van der Waals surface area (Å²) in [6.07, 6.45) is 0. The number of nitrogens with zero attached hydrogens (tertiary/aromatic N) is 1. The molecule has 11 heavy (non-hydrogen) atoms. The Morgan fingerprint density at radius 3 is 2.45 bits per heavy atom. The SMILES string of the molecule is FC(F)(P)c1cccc(Br)n1. The van der Waals surface area contributed by atoms with Crippen molar-refractivity contribution in [3.8, 4) is 0 Å². The van der Waals surface area contributed by atoms with Crippen LogP contribution in [0.4, 0.5) is 8.78 Å². The lowest BCUT2D eigenvalue weighted by atomic mass is 10.4. The van der Waals surface area contributed by atoms with E-state index in [1.54, 1.807) is 6.07 Å². The van der Waals surface area contributed by atoms with E-state index in [0.29, 0.717) is 4.60 Å². The average Bonchev–Trinajstić information content (AvgIpc) is 1.86. The Hall–Kier alpha value is -0.0800. The predicted octanol–water partition coefficient (Wildman–Crippen LogP) is 2.77. The molecule has 1 aromatic rings. The maximum Gasteiger partial charge on any atom is 0.300 e. The molecule has 1 nitrogen and oxygen atoms in total. The van der Waals surface area contributed by atoms with Crippen molar-refractivity contribution in [2.45, 2.75) is 5.66 Å². The molecule has 5 heteroatoms. The minimum atomic E-state index is -2.94. The Labute approximate surface area is 73.5 Å². The normalized spacial score (nSPS) is 11.6. The van der Waals surface area contributed by atoms with Crippen molar-refractivity contribution in [2.24, 2.45) is 0 Å². The molecule has 0 aliphatic rings. The Kier molecular flexibility index (Phi) is 2.55. The minimum Gasteiger partial charge on any atom is -0.239 e. The zero-order valence-corrected chi connectivity index (χ0v) is 8.13. The standard InChI is InChI=1S/C6H5BrF2NP/c7-5-3-1-2-4(10-5)6(8,9)11/h1-3H,11H2. The molecule has 1 rings (SSSR count). The Balaban J connectivity index is 3.06. The van der Waals surface area contributed by atoms with Crippen LogP contribution >= 0.6 is 25.2 Å². The lowest BCUT2D eigenvalue weighted by molar-refractivity contribution is 0.0984. The Morgan fingerprint density at radius 1 is 1.45 bits per heavy atom. The monoisotopic (exact) mass is 239 g/mol. The van der Waals surface area contributed by atoms with Gasteiger partial charge in [0.15, 0.2) is 0 Å². The van der Waals surface area contributed by atoms with Gasteiger partial charge in [0.2, 0.25) is 0 Å². The number of aromatic nitrogens is 1. The summed E-state index contributed by atoms with van der Waals surface area (Å²) >= 11 is 3.00. The third-order valence-corrected chi connectivity index (χ3v) is 1.79. The number of rotatable bonds is 1. The van der Waals surface area contributed by atoms with Crippen molar-refractivity contribution >= 4 is 25.2 Å². The first kappa shape index (κ1) is 9.01. The van der Waals surface area contributed by atoms with Crippen LogP contribution in [0, 0.1) is 0 Å². The molecule has 1 aromatic heterocycles. The molecule has 0 aliphatic carbocycles. The molecule has 0 fully saturated rings. The quantitative estimate of drug-likeness (QED) is 0.543. The van der Waals surface area contributed by atoms with Gasteiger partial charge < -0.3 is 0 Å². The molecular weight excluding hydrogens is 235 g/mol. The van der Waals surface area contributed by atoms with E-state index in [-0.39, 0.29) is 5.69 Å². The molecule has 0 aliphatic heterocycles. The van der Waals surface area contributed by atoms with Crippen LogP contribution in [0.5, 0.6) is 0 Å². The van der Waals surface area contributed by atoms with Gasteiger partial charge in [0.1, 0.15) is 10.3 Å². The summed E-state index contributed by atoms with van der Waals surface area (Å²) in [5.74, 6) is 0. The zero-order valence-electron chi connectivity index (χ0n) is 5.39. The smallest absolute Gasteiger partial charge is 0.239 e. The molecule has 0 spiro atoms. The first-order valence-corrected chi connectivity index (χ1v) is 4.17. The van der Waals surface area contributed by atoms with Crippen molar-refractivity contribution in [2.75, 3.05) is 0 Å². The van der Waals surface area contributed by atoms with E-state index >= 15 is 0 Å². The van der Waals surface area contributed by atoms with E-state index < -0.39 is 5.66 Å². The molecule has 0 saturated heterocycles. The zero-order chi connectivity index (χ0) is 8.48. The third kappa shape index (κ3) is 2.46. The second-order valence-corrected chi connectivity index (χ2v) is 3.51. The van der Waals surface area contributed by atoms with E-state index in [0.717, 1.165) is 0 Å². The summed E-state index contributed by atoms with van der Waals surface area (Å²) in [5, 5.41) is 0. The maximum absolute atomic E-state index is 12.5. The summed E-state index contributed by atoms with van der Waals surface area (Å²) < 4.78 is 25.4. The molecular formula is C6H5BrF2NP. The number of hydrogen-bond acceptors (Lipinski definition) is 1. The van der Waals surface area contributed by atoms with Gasteiger partial charge >= 0.3 is 0 Å². The molecule has 1 atom stereocenters. The Morgan fingerprint density at radius 2 is 2.09 bits per heavy atom. The van der Waals surface area contributed by atoms with Crippen LogP contribution in [-0.2, 0) is 5.66 Å². The molecule has 0 bridgehead atoms. The summed E-state index contributed by atoms with van der Waals surface area (Å²) in [6, 6.07) is 4.39. The molecule has 1 heterocycles. The summed E-state index contributed by atoms with van der Waals surface area (Å²) in [7, 11) is 1.44. The minimum absolute atomic E-state index is 0.253. The fourth-order valence-corrected chi connectivity index (χ4v) is 1.10. The van der Waals surface area contributed by atoms with Gasteiger partial charge in [-0.3, -0.25) is 0 Å². The van der Waals surface area contributed by atoms with Crippen LogP contribution in [0.15, 0.2) is 22.8 Å². The van der Waals surface area contributed by atoms with E-state index in [1.807, 2.05) is 0 Å². The van der Waals surface area contributed by atoms with E-state index in [1.165, 1.54) is 21.4 Å². The van der Waals surface area contributed by atoms with Gasteiger partial charge in [0.25, 0.3) is 5.66 Å². The first-order valence-electron chi connectivity index (χ1n) is 2.80. The summed E-state index contributed by atoms with van der Waals surface area (Å²) in [5.41, 5.74) is -3.19. The number of alkyl halides is 2. The largest absolute Gasteiger partial charge is 0.300 e. The van der Waals surface area contributed by atoms with Gasteiger partial charge in [-0.05, 0) is 28.1 Å². The van der Waals surface area contributed by atoms with Gasteiger partial charge in [0, 0.05) is 0 Å². The number of pyridine rings is 1. The fraction of sp³-hybridized carbons (Fsp3) is 0.167. The lowest BCUT2D eigenvalue weighted by Gasteiger charge is -2.08. The molecule has 0 amide bonds. The van der Waals surface area contributed by atoms with Crippen LogP contribution < -0.4 is 0 Å². The van der Waals surface area contributed by atoms with Gasteiger partial charge in [-0.15, -0.1) is 0 Å². The maximum atomic E-state index is 12.5. The molecule has 1 unspecified atom stereocenters. The van der Waals surface area contributed by atoms with E-state index in [2.05, 4.69) is 20.9 Å². The van der Waals surface area contributed by atoms with Crippen LogP contribution in [0.3, 0.4) is 0 Å².